The summed E-state index contributed by atoms with van der Waals surface area (Å²) in [5.41, 5.74) is 2.59. The number of hydrogen-bond acceptors (Lipinski definition) is 6. The SMILES string of the molecule is Cc1ccc(Oc2nc(N3CCCCC3)nc3c2CN(S(=O)(=O)c2ccc(F)cc2)CC3)cc1. The van der Waals surface area contributed by atoms with Crippen molar-refractivity contribution in [3.63, 3.8) is 0 Å². The number of aryl methyl sites for hydroxylation is 1. The van der Waals surface area contributed by atoms with Gasteiger partial charge >= 0.3 is 0 Å². The average Bonchev–Trinajstić information content (AvgIpc) is 2.86. The summed E-state index contributed by atoms with van der Waals surface area (Å²) in [4.78, 5) is 11.8. The van der Waals surface area contributed by atoms with Crippen LogP contribution in [0.15, 0.2) is 53.4 Å². The molecule has 0 amide bonds. The third-order valence-electron chi connectivity index (χ3n) is 6.30. The van der Waals surface area contributed by atoms with Gasteiger partial charge in [-0.15, -0.1) is 0 Å². The lowest BCUT2D eigenvalue weighted by Gasteiger charge is -2.31. The first-order valence-electron chi connectivity index (χ1n) is 11.6. The monoisotopic (exact) mass is 482 g/mol. The van der Waals surface area contributed by atoms with Gasteiger partial charge in [0.1, 0.15) is 11.6 Å². The number of halogens is 1. The maximum absolute atomic E-state index is 13.3. The maximum Gasteiger partial charge on any atom is 0.243 e. The Morgan fingerprint density at radius 1 is 0.912 bits per heavy atom. The Balaban J connectivity index is 1.51. The zero-order chi connectivity index (χ0) is 23.7. The third-order valence-corrected chi connectivity index (χ3v) is 8.16. The molecule has 2 aliphatic rings. The summed E-state index contributed by atoms with van der Waals surface area (Å²) in [5.74, 6) is 1.17. The molecule has 0 radical (unpaired) electrons. The summed E-state index contributed by atoms with van der Waals surface area (Å²) >= 11 is 0. The predicted molar refractivity (Wildman–Crippen MR) is 127 cm³/mol. The molecule has 7 nitrogen and oxygen atoms in total. The van der Waals surface area contributed by atoms with Crippen molar-refractivity contribution in [2.75, 3.05) is 24.5 Å². The Morgan fingerprint density at radius 3 is 2.32 bits per heavy atom. The molecule has 34 heavy (non-hydrogen) atoms. The van der Waals surface area contributed by atoms with E-state index in [0.29, 0.717) is 29.6 Å². The summed E-state index contributed by atoms with van der Waals surface area (Å²) < 4.78 is 47.4. The van der Waals surface area contributed by atoms with E-state index in [4.69, 9.17) is 14.7 Å². The van der Waals surface area contributed by atoms with Crippen molar-refractivity contribution in [1.82, 2.24) is 14.3 Å². The number of anilines is 1. The Labute approximate surface area is 199 Å². The molecule has 0 N–H and O–H groups in total. The van der Waals surface area contributed by atoms with Gasteiger partial charge in [0.05, 0.1) is 16.2 Å². The minimum atomic E-state index is -3.80. The van der Waals surface area contributed by atoms with Gasteiger partial charge in [-0.1, -0.05) is 17.7 Å². The van der Waals surface area contributed by atoms with E-state index in [1.807, 2.05) is 31.2 Å². The lowest BCUT2D eigenvalue weighted by atomic mass is 10.1. The molecule has 5 rings (SSSR count). The number of sulfonamides is 1. The van der Waals surface area contributed by atoms with Gasteiger partial charge in [0.2, 0.25) is 21.9 Å². The Bertz CT molecular complexity index is 1270. The molecule has 3 heterocycles. The van der Waals surface area contributed by atoms with Crippen molar-refractivity contribution >= 4 is 16.0 Å². The van der Waals surface area contributed by atoms with E-state index in [1.54, 1.807) is 0 Å². The van der Waals surface area contributed by atoms with Crippen molar-refractivity contribution in [2.24, 2.45) is 0 Å². The van der Waals surface area contributed by atoms with Gasteiger partial charge in [0, 0.05) is 32.6 Å². The van der Waals surface area contributed by atoms with Crippen LogP contribution in [0.1, 0.15) is 36.1 Å². The molecule has 2 aliphatic heterocycles. The number of rotatable bonds is 5. The van der Waals surface area contributed by atoms with E-state index in [0.717, 1.165) is 49.3 Å². The third kappa shape index (κ3) is 4.63. The van der Waals surface area contributed by atoms with Crippen molar-refractivity contribution in [3.05, 3.63) is 71.2 Å². The molecule has 2 aromatic carbocycles. The number of nitrogens with zero attached hydrogens (tertiary/aromatic N) is 4. The van der Waals surface area contributed by atoms with Crippen LogP contribution < -0.4 is 9.64 Å². The lowest BCUT2D eigenvalue weighted by Crippen LogP contribution is -2.37. The molecule has 1 saturated heterocycles. The van der Waals surface area contributed by atoms with Crippen LogP contribution in [0.3, 0.4) is 0 Å². The van der Waals surface area contributed by atoms with E-state index in [9.17, 15) is 12.8 Å². The van der Waals surface area contributed by atoms with Crippen LogP contribution in [0, 0.1) is 12.7 Å². The molecule has 0 aliphatic carbocycles. The summed E-state index contributed by atoms with van der Waals surface area (Å²) in [6.07, 6.45) is 3.84. The smallest absolute Gasteiger partial charge is 0.243 e. The summed E-state index contributed by atoms with van der Waals surface area (Å²) in [5, 5.41) is 0. The fourth-order valence-corrected chi connectivity index (χ4v) is 5.75. The molecule has 3 aromatic rings. The average molecular weight is 483 g/mol. The van der Waals surface area contributed by atoms with Crippen LogP contribution in [0.2, 0.25) is 0 Å². The van der Waals surface area contributed by atoms with Crippen LogP contribution >= 0.6 is 0 Å². The highest BCUT2D eigenvalue weighted by Crippen LogP contribution is 2.34. The zero-order valence-electron chi connectivity index (χ0n) is 19.1. The van der Waals surface area contributed by atoms with Crippen LogP contribution in [0.5, 0.6) is 11.6 Å². The molecular formula is C25H27FN4O3S. The highest BCUT2D eigenvalue weighted by molar-refractivity contribution is 7.89. The number of piperidine rings is 1. The van der Waals surface area contributed by atoms with Crippen LogP contribution in [0.4, 0.5) is 10.3 Å². The Hall–Kier alpha value is -3.04. The molecule has 0 unspecified atom stereocenters. The van der Waals surface area contributed by atoms with Crippen molar-refractivity contribution in [1.29, 1.82) is 0 Å². The number of ether oxygens (including phenoxy) is 1. The fraction of sp³-hybridized carbons (Fsp3) is 0.360. The second kappa shape index (κ2) is 9.31. The molecule has 1 aromatic heterocycles. The van der Waals surface area contributed by atoms with Gasteiger partial charge in [-0.3, -0.25) is 0 Å². The van der Waals surface area contributed by atoms with Gasteiger partial charge in [0.25, 0.3) is 0 Å². The lowest BCUT2D eigenvalue weighted by molar-refractivity contribution is 0.369. The largest absolute Gasteiger partial charge is 0.439 e. The molecule has 0 bridgehead atoms. The molecule has 0 saturated carbocycles. The topological polar surface area (TPSA) is 75.6 Å². The second-order valence-corrected chi connectivity index (χ2v) is 10.7. The van der Waals surface area contributed by atoms with Gasteiger partial charge in [-0.2, -0.15) is 9.29 Å². The van der Waals surface area contributed by atoms with Gasteiger partial charge in [-0.05, 0) is 62.6 Å². The van der Waals surface area contributed by atoms with E-state index < -0.39 is 15.8 Å². The van der Waals surface area contributed by atoms with E-state index >= 15 is 0 Å². The second-order valence-electron chi connectivity index (χ2n) is 8.76. The van der Waals surface area contributed by atoms with Crippen molar-refractivity contribution in [2.45, 2.75) is 44.0 Å². The van der Waals surface area contributed by atoms with E-state index in [1.165, 1.54) is 22.9 Å². The quantitative estimate of drug-likeness (QED) is 0.535. The molecule has 9 heteroatoms. The molecule has 0 spiro atoms. The van der Waals surface area contributed by atoms with Crippen molar-refractivity contribution in [3.8, 4) is 11.6 Å². The van der Waals surface area contributed by atoms with Gasteiger partial charge in [0.15, 0.2) is 0 Å². The highest BCUT2D eigenvalue weighted by Gasteiger charge is 2.32. The number of aromatic nitrogens is 2. The standard InChI is InChI=1S/C25H27FN4O3S/c1-18-5-9-20(10-6-18)33-24-22-17-30(34(31,32)21-11-7-19(26)8-12-21)16-13-23(22)27-25(28-24)29-14-3-2-4-15-29/h5-12H,2-4,13-17H2,1H3. The zero-order valence-corrected chi connectivity index (χ0v) is 19.9. The minimum Gasteiger partial charge on any atom is -0.439 e. The number of benzene rings is 2. The first kappa shape index (κ1) is 22.7. The molecule has 0 atom stereocenters. The highest BCUT2D eigenvalue weighted by atomic mass is 32.2. The van der Waals surface area contributed by atoms with Gasteiger partial charge in [-0.25, -0.2) is 17.8 Å². The maximum atomic E-state index is 13.3. The minimum absolute atomic E-state index is 0.0595. The van der Waals surface area contributed by atoms with E-state index in [-0.39, 0.29) is 18.0 Å². The van der Waals surface area contributed by atoms with Crippen LogP contribution in [-0.2, 0) is 23.0 Å². The van der Waals surface area contributed by atoms with E-state index in [2.05, 4.69) is 4.90 Å². The summed E-state index contributed by atoms with van der Waals surface area (Å²) in [6.45, 7) is 4.17. The van der Waals surface area contributed by atoms with Crippen molar-refractivity contribution < 1.29 is 17.5 Å². The number of fused-ring (bicyclic) bond motifs is 1. The summed E-state index contributed by atoms with van der Waals surface area (Å²) in [7, 11) is -3.80. The Kier molecular flexibility index (Phi) is 6.22. The van der Waals surface area contributed by atoms with Crippen LogP contribution in [0.25, 0.3) is 0 Å². The molecular weight excluding hydrogens is 455 g/mol. The normalized spacial score (nSPS) is 16.8. The van der Waals surface area contributed by atoms with Gasteiger partial charge < -0.3 is 9.64 Å². The molecule has 1 fully saturated rings. The predicted octanol–water partition coefficient (Wildman–Crippen LogP) is 4.45. The number of hydrogen-bond donors (Lipinski definition) is 0. The first-order valence-corrected chi connectivity index (χ1v) is 13.0. The first-order chi connectivity index (χ1) is 16.4. The Morgan fingerprint density at radius 2 is 1.62 bits per heavy atom. The van der Waals surface area contributed by atoms with Crippen LogP contribution in [-0.4, -0.2) is 42.3 Å². The molecule has 178 valence electrons. The fourth-order valence-electron chi connectivity index (χ4n) is 4.35. The summed E-state index contributed by atoms with van der Waals surface area (Å²) in [6, 6.07) is 12.6.